The largest absolute Gasteiger partial charge is 1.00 e. The van der Waals surface area contributed by atoms with Gasteiger partial charge in [-0.1, -0.05) is 31.2 Å². The minimum atomic E-state index is 0. The van der Waals surface area contributed by atoms with Crippen molar-refractivity contribution in [2.24, 2.45) is 0 Å². The minimum Gasteiger partial charge on any atom is -1.00 e. The predicted octanol–water partition coefficient (Wildman–Crippen LogP) is 0.480. The summed E-state index contributed by atoms with van der Waals surface area (Å²) in [5.41, 5.74) is 1.45. The number of aryl methyl sites for hydroxylation is 2. The molecule has 0 unspecified atom stereocenters. The lowest BCUT2D eigenvalue weighted by molar-refractivity contribution is -0.00000249. The molecule has 0 fully saturated rings. The second kappa shape index (κ2) is 6.93. The third-order valence-electron chi connectivity index (χ3n) is 1.83. The van der Waals surface area contributed by atoms with Crippen LogP contribution in [-0.2, 0) is 6.42 Å². The number of hydrogen-bond acceptors (Lipinski definition) is 0. The monoisotopic (exact) mass is 214 g/mol. The molecule has 0 saturated heterocycles. The molecule has 1 heterocycles. The van der Waals surface area contributed by atoms with Crippen LogP contribution in [0.1, 0.15) is 17.4 Å². The summed E-state index contributed by atoms with van der Waals surface area (Å²) in [7, 11) is 0. The fourth-order valence-electron chi connectivity index (χ4n) is 1.08. The van der Waals surface area contributed by atoms with E-state index in [4.69, 9.17) is 0 Å². The van der Waals surface area contributed by atoms with Crippen molar-refractivity contribution in [1.82, 2.24) is 0 Å². The maximum atomic E-state index is 2.20. The molecule has 0 aliphatic carbocycles. The zero-order valence-corrected chi connectivity index (χ0v) is 9.65. The van der Waals surface area contributed by atoms with E-state index in [9.17, 15) is 0 Å². The Morgan fingerprint density at radius 3 is 2.54 bits per heavy atom. The van der Waals surface area contributed by atoms with Crippen molar-refractivity contribution in [2.75, 3.05) is 0 Å². The Balaban J connectivity index is 0.00000144. The Morgan fingerprint density at radius 1 is 1.15 bits per heavy atom. The predicted molar refractivity (Wildman–Crippen MR) is 57.5 cm³/mol. The Bertz CT molecular complexity index is 290. The molecule has 0 N–H and O–H groups in total. The van der Waals surface area contributed by atoms with Crippen molar-refractivity contribution in [3.8, 4) is 0 Å². The average Bonchev–Trinajstić information content (AvgIpc) is 2.17. The standard InChI is InChI=1S/C11H14S.ClH/c1-3-11-8-6-4-5-7-9-12-10(11)2;/h4-9H,3H2,1-2H3;1H. The smallest absolute Gasteiger partial charge is 0.147 e. The van der Waals surface area contributed by atoms with Gasteiger partial charge < -0.3 is 12.4 Å². The summed E-state index contributed by atoms with van der Waals surface area (Å²) < 4.78 is 0. The molecule has 13 heavy (non-hydrogen) atoms. The third kappa shape index (κ3) is 4.30. The lowest BCUT2D eigenvalue weighted by Crippen LogP contribution is -3.00. The summed E-state index contributed by atoms with van der Waals surface area (Å²) >= 11 is 1.32. The molecule has 0 amide bonds. The normalized spacial score (nSPS) is 8.46. The molecular formula is C11H15ClS. The lowest BCUT2D eigenvalue weighted by atomic mass is 10.2. The Hall–Kier alpha value is -0.530. The first-order valence-electron chi connectivity index (χ1n) is 4.25. The highest BCUT2D eigenvalue weighted by Gasteiger charge is 1.94. The van der Waals surface area contributed by atoms with Crippen LogP contribution >= 0.6 is 11.3 Å². The Morgan fingerprint density at radius 2 is 1.85 bits per heavy atom. The maximum absolute atomic E-state index is 2.20. The van der Waals surface area contributed by atoms with Gasteiger partial charge >= 0.3 is 0 Å². The molecule has 0 saturated carbocycles. The molecule has 0 aliphatic rings. The molecule has 1 aromatic heterocycles. The van der Waals surface area contributed by atoms with Crippen LogP contribution in [0.25, 0.3) is 0 Å². The molecule has 0 atom stereocenters. The van der Waals surface area contributed by atoms with Crippen LogP contribution in [0.15, 0.2) is 35.7 Å². The highest BCUT2D eigenvalue weighted by atomic mass is 35.5. The van der Waals surface area contributed by atoms with Gasteiger partial charge in [0, 0.05) is 12.5 Å². The maximum Gasteiger partial charge on any atom is 0.147 e. The molecule has 1 rings (SSSR count). The van der Waals surface area contributed by atoms with E-state index in [1.54, 1.807) is 0 Å². The number of rotatable bonds is 1. The Labute approximate surface area is 90.4 Å². The van der Waals surface area contributed by atoms with E-state index in [0.29, 0.717) is 0 Å². The first kappa shape index (κ1) is 12.5. The summed E-state index contributed by atoms with van der Waals surface area (Å²) in [6, 6.07) is 10.5. The summed E-state index contributed by atoms with van der Waals surface area (Å²) in [6.45, 7) is 4.39. The van der Waals surface area contributed by atoms with Gasteiger partial charge in [-0.15, -0.1) is 0 Å². The molecule has 0 bridgehead atoms. The summed E-state index contributed by atoms with van der Waals surface area (Å²) in [5.74, 6) is 0. The van der Waals surface area contributed by atoms with Gasteiger partial charge in [-0.05, 0) is 23.8 Å². The van der Waals surface area contributed by atoms with Crippen LogP contribution in [0, 0.1) is 6.92 Å². The topological polar surface area (TPSA) is 0 Å². The van der Waals surface area contributed by atoms with Crippen molar-refractivity contribution in [2.45, 2.75) is 20.3 Å². The van der Waals surface area contributed by atoms with Gasteiger partial charge in [0.2, 0.25) is 0 Å². The summed E-state index contributed by atoms with van der Waals surface area (Å²) in [5, 5.41) is 2.18. The van der Waals surface area contributed by atoms with Crippen LogP contribution < -0.4 is 12.4 Å². The van der Waals surface area contributed by atoms with Gasteiger partial charge in [-0.25, -0.2) is 0 Å². The molecule has 0 aliphatic heterocycles. The van der Waals surface area contributed by atoms with Crippen molar-refractivity contribution >= 4 is 11.3 Å². The molecule has 0 radical (unpaired) electrons. The van der Waals surface area contributed by atoms with Gasteiger partial charge in [-0.3, -0.25) is 0 Å². The number of hydrogen-bond donors (Lipinski definition) is 0. The van der Waals surface area contributed by atoms with Crippen LogP contribution in [-0.4, -0.2) is 0 Å². The van der Waals surface area contributed by atoms with Gasteiger partial charge in [0.25, 0.3) is 0 Å². The molecule has 1 aromatic rings. The summed E-state index contributed by atoms with van der Waals surface area (Å²) in [6.07, 6.45) is 1.12. The van der Waals surface area contributed by atoms with Gasteiger partial charge in [0.1, 0.15) is 10.3 Å². The average molecular weight is 215 g/mol. The van der Waals surface area contributed by atoms with E-state index < -0.39 is 0 Å². The van der Waals surface area contributed by atoms with E-state index in [2.05, 4.69) is 49.6 Å². The zero-order valence-electron chi connectivity index (χ0n) is 8.00. The summed E-state index contributed by atoms with van der Waals surface area (Å²) in [4.78, 5) is 1.45. The SMILES string of the molecule is CCc1cccccc[sH+]c1C.[Cl-]. The second-order valence-electron chi connectivity index (χ2n) is 2.68. The van der Waals surface area contributed by atoms with Gasteiger partial charge in [0.15, 0.2) is 0 Å². The lowest BCUT2D eigenvalue weighted by Gasteiger charge is -1.88. The van der Waals surface area contributed by atoms with Crippen molar-refractivity contribution in [1.29, 1.82) is 0 Å². The first-order valence-corrected chi connectivity index (χ1v) is 5.21. The quantitative estimate of drug-likeness (QED) is 0.597. The fourth-order valence-corrected chi connectivity index (χ4v) is 1.89. The molecule has 72 valence electrons. The fraction of sp³-hybridized carbons (Fsp3) is 0.273. The highest BCUT2D eigenvalue weighted by molar-refractivity contribution is 7.09. The van der Waals surface area contributed by atoms with E-state index in [1.807, 2.05) is 0 Å². The van der Waals surface area contributed by atoms with Crippen molar-refractivity contribution < 1.29 is 12.4 Å². The van der Waals surface area contributed by atoms with Crippen LogP contribution in [0.4, 0.5) is 0 Å². The Kier molecular flexibility index (Phi) is 6.65. The second-order valence-corrected chi connectivity index (χ2v) is 3.91. The van der Waals surface area contributed by atoms with Crippen LogP contribution in [0.3, 0.4) is 0 Å². The zero-order chi connectivity index (χ0) is 8.81. The number of halogens is 1. The molecule has 0 aromatic carbocycles. The van der Waals surface area contributed by atoms with Crippen molar-refractivity contribution in [3.63, 3.8) is 0 Å². The van der Waals surface area contributed by atoms with E-state index in [0.717, 1.165) is 6.42 Å². The van der Waals surface area contributed by atoms with E-state index in [1.165, 1.54) is 21.8 Å². The molecule has 0 spiro atoms. The third-order valence-corrected chi connectivity index (χ3v) is 2.83. The minimum absolute atomic E-state index is 0. The molecular weight excluding hydrogens is 200 g/mol. The van der Waals surface area contributed by atoms with Crippen molar-refractivity contribution in [3.05, 3.63) is 46.2 Å². The highest BCUT2D eigenvalue weighted by Crippen LogP contribution is 2.09. The van der Waals surface area contributed by atoms with Crippen LogP contribution in [0.2, 0.25) is 0 Å². The van der Waals surface area contributed by atoms with E-state index >= 15 is 0 Å². The van der Waals surface area contributed by atoms with Gasteiger partial charge in [-0.2, -0.15) is 0 Å². The van der Waals surface area contributed by atoms with E-state index in [-0.39, 0.29) is 12.4 Å². The first-order chi connectivity index (χ1) is 5.84. The molecule has 0 nitrogen and oxygen atoms in total. The van der Waals surface area contributed by atoms with Gasteiger partial charge in [0.05, 0.1) is 0 Å². The molecule has 2 heteroatoms. The van der Waals surface area contributed by atoms with Crippen LogP contribution in [0.5, 0.6) is 0 Å².